The molecule has 0 fully saturated rings. The van der Waals surface area contributed by atoms with Gasteiger partial charge in [-0.2, -0.15) is 13.2 Å². The van der Waals surface area contributed by atoms with Crippen molar-refractivity contribution in [2.24, 2.45) is 0 Å². The second-order valence-electron chi connectivity index (χ2n) is 6.77. The summed E-state index contributed by atoms with van der Waals surface area (Å²) in [4.78, 5) is 22.0. The van der Waals surface area contributed by atoms with Crippen LogP contribution in [-0.4, -0.2) is 21.0 Å². The first kappa shape index (κ1) is 22.0. The van der Waals surface area contributed by atoms with E-state index in [1.807, 2.05) is 0 Å². The minimum absolute atomic E-state index is 0.127. The summed E-state index contributed by atoms with van der Waals surface area (Å²) in [7, 11) is 0. The van der Waals surface area contributed by atoms with Gasteiger partial charge in [0, 0.05) is 49.2 Å². The fraction of sp³-hybridized carbons (Fsp3) is 0.0952. The van der Waals surface area contributed by atoms with Gasteiger partial charge in [0.1, 0.15) is 11.4 Å². The van der Waals surface area contributed by atoms with Crippen LogP contribution in [0.3, 0.4) is 0 Å². The number of nitrogens with zero attached hydrogens (tertiary/aromatic N) is 2. The number of fused-ring (bicyclic) bond motifs is 1. The highest BCUT2D eigenvalue weighted by Gasteiger charge is 2.35. The Morgan fingerprint density at radius 2 is 1.88 bits per heavy atom. The van der Waals surface area contributed by atoms with Gasteiger partial charge in [0.2, 0.25) is 0 Å². The Morgan fingerprint density at radius 1 is 1.12 bits per heavy atom. The number of urea groups is 1. The Balaban J connectivity index is 1.54. The monoisotopic (exact) mass is 463 g/mol. The van der Waals surface area contributed by atoms with Crippen LogP contribution in [0.4, 0.5) is 32.4 Å². The molecule has 0 aliphatic rings. The van der Waals surface area contributed by atoms with Gasteiger partial charge in [-0.25, -0.2) is 18.6 Å². The zero-order valence-corrected chi connectivity index (χ0v) is 16.5. The molecule has 2 amide bonds. The average Bonchev–Trinajstić information content (AvgIpc) is 3.21. The zero-order chi connectivity index (χ0) is 23.6. The number of hydrogen-bond acceptors (Lipinski definition) is 4. The van der Waals surface area contributed by atoms with E-state index in [1.165, 1.54) is 6.20 Å². The number of alkyl halides is 3. The van der Waals surface area contributed by atoms with Gasteiger partial charge in [-0.05, 0) is 17.7 Å². The summed E-state index contributed by atoms with van der Waals surface area (Å²) >= 11 is 0. The molecule has 7 nitrogen and oxygen atoms in total. The molecule has 33 heavy (non-hydrogen) atoms. The van der Waals surface area contributed by atoms with Crippen LogP contribution in [0.5, 0.6) is 11.5 Å². The van der Waals surface area contributed by atoms with Gasteiger partial charge >= 0.3 is 12.2 Å². The molecular weight excluding hydrogens is 449 g/mol. The molecule has 0 radical (unpaired) electrons. The first-order valence-corrected chi connectivity index (χ1v) is 9.36. The van der Waals surface area contributed by atoms with Crippen LogP contribution in [0.1, 0.15) is 11.1 Å². The van der Waals surface area contributed by atoms with Crippen molar-refractivity contribution < 1.29 is 31.5 Å². The average molecular weight is 463 g/mol. The van der Waals surface area contributed by atoms with E-state index in [1.54, 1.807) is 18.3 Å². The molecule has 4 rings (SSSR count). The molecule has 170 valence electrons. The number of aromatic amines is 1. The van der Waals surface area contributed by atoms with Crippen molar-refractivity contribution in [3.05, 3.63) is 77.9 Å². The van der Waals surface area contributed by atoms with E-state index >= 15 is 0 Å². The van der Waals surface area contributed by atoms with E-state index in [-0.39, 0.29) is 17.9 Å². The molecule has 0 atom stereocenters. The molecule has 0 aliphatic carbocycles. The fourth-order valence-corrected chi connectivity index (χ4v) is 3.03. The van der Waals surface area contributed by atoms with Crippen LogP contribution < -0.4 is 15.4 Å². The SMILES string of the molecule is O=C(NCc1cccnc1)Nc1cc(F)c(Oc2ccnc3[nH]cc(C(F)(F)F)c23)c(F)c1. The fourth-order valence-electron chi connectivity index (χ4n) is 3.03. The number of H-pyrrole nitrogens is 1. The number of pyridine rings is 2. The standard InChI is InChI=1S/C21H14F5N5O2/c22-14-6-12(31-20(32)30-9-11-2-1-4-27-8-11)7-15(23)18(14)33-16-3-5-28-19-17(16)13(10-29-19)21(24,25)26/h1-8,10H,9H2,(H,28,29)(H2,30,31,32). The van der Waals surface area contributed by atoms with Gasteiger partial charge in [-0.15, -0.1) is 0 Å². The van der Waals surface area contributed by atoms with Gasteiger partial charge in [0.15, 0.2) is 17.4 Å². The Labute approximate surface area is 182 Å². The van der Waals surface area contributed by atoms with Gasteiger partial charge < -0.3 is 20.4 Å². The number of carbonyl (C=O) groups excluding carboxylic acids is 1. The van der Waals surface area contributed by atoms with Crippen LogP contribution in [0.15, 0.2) is 55.1 Å². The highest BCUT2D eigenvalue weighted by atomic mass is 19.4. The first-order valence-electron chi connectivity index (χ1n) is 9.36. The molecule has 0 aliphatic heterocycles. The lowest BCUT2D eigenvalue weighted by Crippen LogP contribution is -2.28. The van der Waals surface area contributed by atoms with Crippen LogP contribution in [-0.2, 0) is 12.7 Å². The topological polar surface area (TPSA) is 91.9 Å². The Morgan fingerprint density at radius 3 is 2.55 bits per heavy atom. The number of rotatable bonds is 5. The minimum Gasteiger partial charge on any atom is -0.450 e. The molecule has 3 aromatic heterocycles. The maximum absolute atomic E-state index is 14.6. The number of benzene rings is 1. The Hall–Kier alpha value is -4.22. The molecule has 4 aromatic rings. The Kier molecular flexibility index (Phi) is 5.82. The van der Waals surface area contributed by atoms with Crippen molar-refractivity contribution in [1.82, 2.24) is 20.3 Å². The minimum atomic E-state index is -4.74. The maximum atomic E-state index is 14.6. The predicted octanol–water partition coefficient (Wildman–Crippen LogP) is 5.37. The van der Waals surface area contributed by atoms with E-state index in [4.69, 9.17) is 4.74 Å². The molecule has 0 bridgehead atoms. The normalized spacial score (nSPS) is 11.4. The van der Waals surface area contributed by atoms with Crippen LogP contribution in [0.25, 0.3) is 11.0 Å². The smallest absolute Gasteiger partial charge is 0.418 e. The number of anilines is 1. The van der Waals surface area contributed by atoms with Crippen molar-refractivity contribution in [3.63, 3.8) is 0 Å². The lowest BCUT2D eigenvalue weighted by atomic mass is 10.2. The van der Waals surface area contributed by atoms with Crippen LogP contribution in [0.2, 0.25) is 0 Å². The third kappa shape index (κ3) is 4.84. The third-order valence-electron chi connectivity index (χ3n) is 4.48. The molecule has 0 unspecified atom stereocenters. The summed E-state index contributed by atoms with van der Waals surface area (Å²) in [6.07, 6.45) is 0.181. The van der Waals surface area contributed by atoms with Crippen molar-refractivity contribution in [1.29, 1.82) is 0 Å². The summed E-state index contributed by atoms with van der Waals surface area (Å²) in [5, 5.41) is 4.29. The van der Waals surface area contributed by atoms with Crippen molar-refractivity contribution in [2.75, 3.05) is 5.32 Å². The molecule has 0 saturated heterocycles. The van der Waals surface area contributed by atoms with E-state index in [2.05, 4.69) is 25.6 Å². The van der Waals surface area contributed by atoms with E-state index in [0.717, 1.165) is 24.4 Å². The summed E-state index contributed by atoms with van der Waals surface area (Å²) in [6.45, 7) is 0.127. The number of nitrogens with one attached hydrogen (secondary N) is 3. The third-order valence-corrected chi connectivity index (χ3v) is 4.48. The molecule has 3 N–H and O–H groups in total. The van der Waals surface area contributed by atoms with Gasteiger partial charge in [0.05, 0.1) is 10.9 Å². The highest BCUT2D eigenvalue weighted by molar-refractivity contribution is 5.89. The quantitative estimate of drug-likeness (QED) is 0.347. The molecule has 0 spiro atoms. The van der Waals surface area contributed by atoms with Gasteiger partial charge in [-0.1, -0.05) is 6.07 Å². The van der Waals surface area contributed by atoms with E-state index < -0.39 is 46.3 Å². The largest absolute Gasteiger partial charge is 0.450 e. The lowest BCUT2D eigenvalue weighted by molar-refractivity contribution is -0.136. The summed E-state index contributed by atoms with van der Waals surface area (Å²) in [5.74, 6) is -3.84. The van der Waals surface area contributed by atoms with E-state index in [9.17, 15) is 26.7 Å². The second-order valence-corrected chi connectivity index (χ2v) is 6.77. The number of halogens is 5. The lowest BCUT2D eigenvalue weighted by Gasteiger charge is -2.13. The van der Waals surface area contributed by atoms with Crippen molar-refractivity contribution in [3.8, 4) is 11.5 Å². The van der Waals surface area contributed by atoms with Crippen LogP contribution in [0, 0.1) is 11.6 Å². The summed E-state index contributed by atoms with van der Waals surface area (Å²) in [6, 6.07) is 5.29. The second kappa shape index (κ2) is 8.73. The number of ether oxygens (including phenoxy) is 1. The zero-order valence-electron chi connectivity index (χ0n) is 16.5. The molecule has 1 aromatic carbocycles. The van der Waals surface area contributed by atoms with Crippen molar-refractivity contribution in [2.45, 2.75) is 12.7 Å². The molecular formula is C21H14F5N5O2. The van der Waals surface area contributed by atoms with Gasteiger partial charge in [0.25, 0.3) is 0 Å². The Bertz CT molecular complexity index is 1280. The predicted molar refractivity (Wildman–Crippen MR) is 108 cm³/mol. The van der Waals surface area contributed by atoms with Gasteiger partial charge in [-0.3, -0.25) is 4.98 Å². The highest BCUT2D eigenvalue weighted by Crippen LogP contribution is 2.40. The maximum Gasteiger partial charge on any atom is 0.418 e. The molecule has 0 saturated carbocycles. The summed E-state index contributed by atoms with van der Waals surface area (Å²) < 4.78 is 74.1. The van der Waals surface area contributed by atoms with Crippen molar-refractivity contribution >= 4 is 22.8 Å². The van der Waals surface area contributed by atoms with Crippen LogP contribution >= 0.6 is 0 Å². The van der Waals surface area contributed by atoms with E-state index in [0.29, 0.717) is 11.8 Å². The number of hydrogen-bond donors (Lipinski definition) is 3. The summed E-state index contributed by atoms with van der Waals surface area (Å²) in [5.41, 5.74) is -0.770. The molecule has 12 heteroatoms. The first-order chi connectivity index (χ1) is 15.7. The number of amides is 2. The molecule has 3 heterocycles. The number of aromatic nitrogens is 3. The number of carbonyl (C=O) groups is 1.